The van der Waals surface area contributed by atoms with E-state index >= 15 is 0 Å². The van der Waals surface area contributed by atoms with Crippen molar-refractivity contribution in [3.05, 3.63) is 15.6 Å². The van der Waals surface area contributed by atoms with Crippen LogP contribution in [0.15, 0.2) is 0 Å². The Morgan fingerprint density at radius 3 is 3.00 bits per heavy atom. The number of thiazole rings is 1. The third-order valence-corrected chi connectivity index (χ3v) is 5.90. The number of aromatic nitrogens is 1. The van der Waals surface area contributed by atoms with Crippen molar-refractivity contribution in [3.8, 4) is 0 Å². The number of likely N-dealkylation sites (tertiary alicyclic amines) is 1. The molecule has 1 aliphatic heterocycles. The van der Waals surface area contributed by atoms with Gasteiger partial charge in [-0.3, -0.25) is 4.79 Å². The van der Waals surface area contributed by atoms with Gasteiger partial charge in [0.05, 0.1) is 10.7 Å². The summed E-state index contributed by atoms with van der Waals surface area (Å²) in [5.41, 5.74) is 1.37. The Morgan fingerprint density at radius 2 is 2.19 bits per heavy atom. The van der Waals surface area contributed by atoms with E-state index in [4.69, 9.17) is 10.1 Å². The van der Waals surface area contributed by atoms with E-state index in [0.29, 0.717) is 5.92 Å². The summed E-state index contributed by atoms with van der Waals surface area (Å²) < 4.78 is 0. The number of carbonyl (C=O) groups is 1. The molecule has 3 rings (SSSR count). The highest BCUT2D eigenvalue weighted by Crippen LogP contribution is 2.34. The first-order chi connectivity index (χ1) is 10.2. The normalized spacial score (nSPS) is 23.0. The first-order valence-corrected chi connectivity index (χ1v) is 8.96. The van der Waals surface area contributed by atoms with Crippen molar-refractivity contribution in [2.45, 2.75) is 57.3 Å². The molecular formula is C16H24N2O2S. The lowest BCUT2D eigenvalue weighted by molar-refractivity contribution is -0.137. The standard InChI is InChI=1S/C16H24N2O2S/c19-15(20)8-4-10-18-9-3-5-12(11-18)16-17-13-6-1-2-7-14(13)21-16/h12H,1-11H2,(H,19,20). The highest BCUT2D eigenvalue weighted by molar-refractivity contribution is 7.11. The molecule has 4 nitrogen and oxygen atoms in total. The number of piperidine rings is 1. The van der Waals surface area contributed by atoms with Crippen LogP contribution in [0.2, 0.25) is 0 Å². The molecule has 0 aromatic carbocycles. The van der Waals surface area contributed by atoms with Crippen LogP contribution in [0.25, 0.3) is 0 Å². The maximum Gasteiger partial charge on any atom is 0.303 e. The predicted octanol–water partition coefficient (Wildman–Crippen LogP) is 3.07. The van der Waals surface area contributed by atoms with E-state index in [-0.39, 0.29) is 6.42 Å². The zero-order chi connectivity index (χ0) is 14.7. The van der Waals surface area contributed by atoms with Gasteiger partial charge in [-0.25, -0.2) is 4.98 Å². The van der Waals surface area contributed by atoms with Gasteiger partial charge in [0, 0.05) is 23.8 Å². The van der Waals surface area contributed by atoms with Gasteiger partial charge in [0.2, 0.25) is 0 Å². The molecule has 1 unspecified atom stereocenters. The minimum atomic E-state index is -0.684. The topological polar surface area (TPSA) is 53.4 Å². The third kappa shape index (κ3) is 3.83. The van der Waals surface area contributed by atoms with Crippen LogP contribution in [0, 0.1) is 0 Å². The Morgan fingerprint density at radius 1 is 1.33 bits per heavy atom. The summed E-state index contributed by atoms with van der Waals surface area (Å²) in [6.45, 7) is 3.08. The van der Waals surface area contributed by atoms with Crippen molar-refractivity contribution in [2.24, 2.45) is 0 Å². The van der Waals surface area contributed by atoms with Crippen LogP contribution < -0.4 is 0 Å². The Bertz CT molecular complexity index is 477. The van der Waals surface area contributed by atoms with Crippen molar-refractivity contribution in [1.82, 2.24) is 9.88 Å². The van der Waals surface area contributed by atoms with Gasteiger partial charge in [0.15, 0.2) is 0 Å². The highest BCUT2D eigenvalue weighted by Gasteiger charge is 2.25. The average molecular weight is 308 g/mol. The fourth-order valence-electron chi connectivity index (χ4n) is 3.46. The Kier molecular flexibility index (Phi) is 4.91. The molecule has 1 N–H and O–H groups in total. The maximum absolute atomic E-state index is 10.6. The van der Waals surface area contributed by atoms with Gasteiger partial charge >= 0.3 is 5.97 Å². The van der Waals surface area contributed by atoms with Gasteiger partial charge < -0.3 is 10.0 Å². The maximum atomic E-state index is 10.6. The number of carboxylic acids is 1. The molecule has 5 heteroatoms. The Hall–Kier alpha value is -0.940. The Labute approximate surface area is 130 Å². The van der Waals surface area contributed by atoms with E-state index in [9.17, 15) is 4.79 Å². The molecule has 0 bridgehead atoms. The molecule has 1 atom stereocenters. The molecule has 2 aliphatic rings. The smallest absolute Gasteiger partial charge is 0.303 e. The first kappa shape index (κ1) is 15.0. The number of aryl methyl sites for hydroxylation is 2. The van der Waals surface area contributed by atoms with Crippen LogP contribution in [0.4, 0.5) is 0 Å². The third-order valence-electron chi connectivity index (χ3n) is 4.58. The minimum Gasteiger partial charge on any atom is -0.481 e. The van der Waals surface area contributed by atoms with Crippen molar-refractivity contribution in [1.29, 1.82) is 0 Å². The lowest BCUT2D eigenvalue weighted by Crippen LogP contribution is -2.35. The van der Waals surface area contributed by atoms with E-state index in [0.717, 1.165) is 26.1 Å². The number of hydrogen-bond acceptors (Lipinski definition) is 4. The summed E-state index contributed by atoms with van der Waals surface area (Å²) in [5, 5.41) is 10.1. The monoisotopic (exact) mass is 308 g/mol. The molecule has 0 saturated carbocycles. The van der Waals surface area contributed by atoms with E-state index in [1.807, 2.05) is 11.3 Å². The zero-order valence-corrected chi connectivity index (χ0v) is 13.3. The van der Waals surface area contributed by atoms with Crippen molar-refractivity contribution < 1.29 is 9.90 Å². The van der Waals surface area contributed by atoms with Crippen LogP contribution in [-0.4, -0.2) is 40.6 Å². The van der Waals surface area contributed by atoms with E-state index in [1.165, 1.54) is 54.1 Å². The molecule has 1 aliphatic carbocycles. The second kappa shape index (κ2) is 6.88. The van der Waals surface area contributed by atoms with Crippen molar-refractivity contribution >= 4 is 17.3 Å². The molecule has 0 spiro atoms. The van der Waals surface area contributed by atoms with E-state index in [2.05, 4.69) is 4.90 Å². The summed E-state index contributed by atoms with van der Waals surface area (Å²) >= 11 is 1.94. The van der Waals surface area contributed by atoms with Gasteiger partial charge in [-0.2, -0.15) is 0 Å². The van der Waals surface area contributed by atoms with Gasteiger partial charge in [0.1, 0.15) is 0 Å². The summed E-state index contributed by atoms with van der Waals surface area (Å²) in [6, 6.07) is 0. The lowest BCUT2D eigenvalue weighted by atomic mass is 9.98. The predicted molar refractivity (Wildman–Crippen MR) is 84.0 cm³/mol. The number of rotatable bonds is 5. The highest BCUT2D eigenvalue weighted by atomic mass is 32.1. The van der Waals surface area contributed by atoms with Crippen LogP contribution in [-0.2, 0) is 17.6 Å². The fraction of sp³-hybridized carbons (Fsp3) is 0.750. The average Bonchev–Trinajstić information content (AvgIpc) is 2.91. The second-order valence-electron chi connectivity index (χ2n) is 6.27. The van der Waals surface area contributed by atoms with Gasteiger partial charge in [-0.15, -0.1) is 11.3 Å². The SMILES string of the molecule is O=C(O)CCCN1CCCC(c2nc3c(s2)CCCC3)C1. The number of carboxylic acid groups (broad SMARTS) is 1. The molecule has 116 valence electrons. The fourth-order valence-corrected chi connectivity index (χ4v) is 4.74. The number of nitrogens with zero attached hydrogens (tertiary/aromatic N) is 2. The van der Waals surface area contributed by atoms with Crippen molar-refractivity contribution in [3.63, 3.8) is 0 Å². The quantitative estimate of drug-likeness (QED) is 0.908. The minimum absolute atomic E-state index is 0.284. The summed E-state index contributed by atoms with van der Waals surface area (Å²) in [4.78, 5) is 19.5. The largest absolute Gasteiger partial charge is 0.481 e. The Balaban J connectivity index is 1.57. The summed E-state index contributed by atoms with van der Waals surface area (Å²) in [5.74, 6) is -0.115. The van der Waals surface area contributed by atoms with Crippen LogP contribution in [0.5, 0.6) is 0 Å². The molecule has 21 heavy (non-hydrogen) atoms. The molecule has 0 radical (unpaired) electrons. The molecular weight excluding hydrogens is 284 g/mol. The number of hydrogen-bond donors (Lipinski definition) is 1. The van der Waals surface area contributed by atoms with Gasteiger partial charge in [0.25, 0.3) is 0 Å². The van der Waals surface area contributed by atoms with Gasteiger partial charge in [-0.1, -0.05) is 0 Å². The molecule has 2 heterocycles. The van der Waals surface area contributed by atoms with E-state index in [1.54, 1.807) is 0 Å². The first-order valence-electron chi connectivity index (χ1n) is 8.15. The lowest BCUT2D eigenvalue weighted by Gasteiger charge is -2.31. The van der Waals surface area contributed by atoms with Crippen LogP contribution in [0.1, 0.15) is 60.0 Å². The number of fused-ring (bicyclic) bond motifs is 1. The summed E-state index contributed by atoms with van der Waals surface area (Å²) in [6.07, 6.45) is 8.50. The van der Waals surface area contributed by atoms with Gasteiger partial charge in [-0.05, 0) is 58.0 Å². The molecule has 1 saturated heterocycles. The molecule has 1 aromatic rings. The zero-order valence-electron chi connectivity index (χ0n) is 12.5. The molecule has 1 fully saturated rings. The van der Waals surface area contributed by atoms with Crippen molar-refractivity contribution in [2.75, 3.05) is 19.6 Å². The second-order valence-corrected chi connectivity index (χ2v) is 7.38. The summed E-state index contributed by atoms with van der Waals surface area (Å²) in [7, 11) is 0. The van der Waals surface area contributed by atoms with Crippen LogP contribution >= 0.6 is 11.3 Å². The van der Waals surface area contributed by atoms with E-state index < -0.39 is 5.97 Å². The molecule has 1 aromatic heterocycles. The van der Waals surface area contributed by atoms with Crippen LogP contribution in [0.3, 0.4) is 0 Å². The molecule has 0 amide bonds. The number of aliphatic carboxylic acids is 1.